The number of hydrogen-bond donors (Lipinski definition) is 1. The molecular weight excluding hydrogens is 252 g/mol. The van der Waals surface area contributed by atoms with E-state index in [-0.39, 0.29) is 5.91 Å². The minimum absolute atomic E-state index is 0.0358. The highest BCUT2D eigenvalue weighted by Crippen LogP contribution is 2.16. The predicted molar refractivity (Wildman–Crippen MR) is 80.7 cm³/mol. The summed E-state index contributed by atoms with van der Waals surface area (Å²) in [5.41, 5.74) is 2.11. The van der Waals surface area contributed by atoms with Crippen molar-refractivity contribution in [3.63, 3.8) is 0 Å². The molecule has 0 saturated carbocycles. The number of carbonyl (C=O) groups excluding carboxylic acids is 1. The van der Waals surface area contributed by atoms with Crippen molar-refractivity contribution in [2.24, 2.45) is 0 Å². The van der Waals surface area contributed by atoms with E-state index in [0.29, 0.717) is 6.10 Å². The molecule has 0 bridgehead atoms. The first-order valence-electron chi connectivity index (χ1n) is 7.38. The molecule has 0 unspecified atom stereocenters. The second-order valence-corrected chi connectivity index (χ2v) is 5.34. The molecule has 20 heavy (non-hydrogen) atoms. The molecule has 0 aliphatic carbocycles. The number of nitrogens with zero attached hydrogens (tertiary/aromatic N) is 1. The summed E-state index contributed by atoms with van der Waals surface area (Å²) in [5, 5.41) is 2.79. The van der Waals surface area contributed by atoms with Gasteiger partial charge in [0.1, 0.15) is 0 Å². The number of anilines is 1. The summed E-state index contributed by atoms with van der Waals surface area (Å²) in [4.78, 5) is 13.4. The minimum atomic E-state index is -0.0358. The van der Waals surface area contributed by atoms with Gasteiger partial charge in [0, 0.05) is 32.3 Å². The third kappa shape index (κ3) is 4.62. The maximum Gasteiger partial charge on any atom is 0.221 e. The van der Waals surface area contributed by atoms with Gasteiger partial charge >= 0.3 is 0 Å². The zero-order chi connectivity index (χ0) is 14.4. The van der Waals surface area contributed by atoms with Gasteiger partial charge in [-0.2, -0.15) is 0 Å². The number of nitrogens with one attached hydrogen (secondary N) is 1. The van der Waals surface area contributed by atoms with Crippen molar-refractivity contribution < 1.29 is 9.53 Å². The number of ether oxygens (including phenoxy) is 1. The highest BCUT2D eigenvalue weighted by molar-refractivity contribution is 5.88. The van der Waals surface area contributed by atoms with Crippen molar-refractivity contribution in [3.05, 3.63) is 29.8 Å². The lowest BCUT2D eigenvalue weighted by molar-refractivity contribution is -0.114. The van der Waals surface area contributed by atoms with E-state index in [1.54, 1.807) is 0 Å². The molecule has 0 aromatic heterocycles. The fourth-order valence-corrected chi connectivity index (χ4v) is 2.54. The van der Waals surface area contributed by atoms with E-state index < -0.39 is 0 Å². The molecule has 1 aliphatic heterocycles. The van der Waals surface area contributed by atoms with Crippen molar-refractivity contribution in [2.45, 2.75) is 39.3 Å². The van der Waals surface area contributed by atoms with Crippen LogP contribution in [0, 0.1) is 0 Å². The molecule has 2 rings (SSSR count). The lowest BCUT2D eigenvalue weighted by atomic mass is 10.1. The Balaban J connectivity index is 1.88. The average Bonchev–Trinajstić information content (AvgIpc) is 2.92. The molecule has 1 fully saturated rings. The number of amides is 1. The number of hydrogen-bond acceptors (Lipinski definition) is 3. The van der Waals surface area contributed by atoms with Gasteiger partial charge in [-0.15, -0.1) is 0 Å². The second kappa shape index (κ2) is 7.41. The lowest BCUT2D eigenvalue weighted by Crippen LogP contribution is -2.31. The smallest absolute Gasteiger partial charge is 0.221 e. The normalized spacial score (nSPS) is 18.4. The van der Waals surface area contributed by atoms with Crippen molar-refractivity contribution >= 4 is 11.6 Å². The maximum atomic E-state index is 11.0. The fourth-order valence-electron chi connectivity index (χ4n) is 2.54. The molecule has 1 N–H and O–H groups in total. The van der Waals surface area contributed by atoms with E-state index >= 15 is 0 Å². The topological polar surface area (TPSA) is 41.6 Å². The van der Waals surface area contributed by atoms with E-state index in [0.717, 1.165) is 31.9 Å². The number of rotatable bonds is 6. The van der Waals surface area contributed by atoms with Gasteiger partial charge in [0.05, 0.1) is 6.10 Å². The summed E-state index contributed by atoms with van der Waals surface area (Å²) in [5.74, 6) is -0.0358. The van der Waals surface area contributed by atoms with Crippen molar-refractivity contribution in [1.29, 1.82) is 0 Å². The van der Waals surface area contributed by atoms with E-state index in [1.165, 1.54) is 25.3 Å². The molecule has 0 spiro atoms. The van der Waals surface area contributed by atoms with Crippen LogP contribution in [0.3, 0.4) is 0 Å². The van der Waals surface area contributed by atoms with Crippen LogP contribution < -0.4 is 5.32 Å². The van der Waals surface area contributed by atoms with Gasteiger partial charge in [-0.3, -0.25) is 9.69 Å². The average molecular weight is 276 g/mol. The molecule has 4 heteroatoms. The summed E-state index contributed by atoms with van der Waals surface area (Å²) >= 11 is 0. The first-order chi connectivity index (χ1) is 9.67. The standard InChI is InChI=1S/C16H24N2O2/c1-3-18(12-16-5-4-10-20-16)11-14-6-8-15(9-7-14)17-13(2)19/h6-9,16H,3-5,10-12H2,1-2H3,(H,17,19)/t16-/m1/s1. The second-order valence-electron chi connectivity index (χ2n) is 5.34. The third-order valence-electron chi connectivity index (χ3n) is 3.61. The van der Waals surface area contributed by atoms with E-state index in [9.17, 15) is 4.79 Å². The van der Waals surface area contributed by atoms with Crippen LogP contribution in [0.1, 0.15) is 32.3 Å². The van der Waals surface area contributed by atoms with Gasteiger partial charge in [-0.05, 0) is 37.1 Å². The van der Waals surface area contributed by atoms with Crippen LogP contribution in [0.2, 0.25) is 0 Å². The molecule has 1 aliphatic rings. The van der Waals surface area contributed by atoms with Gasteiger partial charge in [0.25, 0.3) is 0 Å². The van der Waals surface area contributed by atoms with Crippen LogP contribution in [0.15, 0.2) is 24.3 Å². The highest BCUT2D eigenvalue weighted by Gasteiger charge is 2.18. The van der Waals surface area contributed by atoms with Gasteiger partial charge in [0.2, 0.25) is 5.91 Å². The highest BCUT2D eigenvalue weighted by atomic mass is 16.5. The summed E-state index contributed by atoms with van der Waals surface area (Å²) in [7, 11) is 0. The summed E-state index contributed by atoms with van der Waals surface area (Å²) < 4.78 is 5.70. The quantitative estimate of drug-likeness (QED) is 0.868. The summed E-state index contributed by atoms with van der Waals surface area (Å²) in [6.07, 6.45) is 2.76. The van der Waals surface area contributed by atoms with Crippen molar-refractivity contribution in [1.82, 2.24) is 4.90 Å². The Kier molecular flexibility index (Phi) is 5.56. The van der Waals surface area contributed by atoms with Crippen LogP contribution in [-0.4, -0.2) is 36.6 Å². The Hall–Kier alpha value is -1.39. The SMILES string of the molecule is CCN(Cc1ccc(NC(C)=O)cc1)C[C@H]1CCCO1. The third-order valence-corrected chi connectivity index (χ3v) is 3.61. The van der Waals surface area contributed by atoms with Crippen molar-refractivity contribution in [3.8, 4) is 0 Å². The zero-order valence-corrected chi connectivity index (χ0v) is 12.4. The summed E-state index contributed by atoms with van der Waals surface area (Å²) in [6.45, 7) is 7.57. The molecule has 1 aromatic carbocycles. The minimum Gasteiger partial charge on any atom is -0.377 e. The number of carbonyl (C=O) groups is 1. The Morgan fingerprint density at radius 2 is 2.15 bits per heavy atom. The molecular formula is C16H24N2O2. The summed E-state index contributed by atoms with van der Waals surface area (Å²) in [6, 6.07) is 8.06. The van der Waals surface area contributed by atoms with Gasteiger partial charge in [0.15, 0.2) is 0 Å². The van der Waals surface area contributed by atoms with Crippen LogP contribution in [0.25, 0.3) is 0 Å². The molecule has 110 valence electrons. The Bertz CT molecular complexity index is 425. The zero-order valence-electron chi connectivity index (χ0n) is 12.4. The molecule has 1 saturated heterocycles. The number of benzene rings is 1. The Morgan fingerprint density at radius 3 is 2.70 bits per heavy atom. The van der Waals surface area contributed by atoms with E-state index in [1.807, 2.05) is 12.1 Å². The van der Waals surface area contributed by atoms with Crippen LogP contribution >= 0.6 is 0 Å². The first-order valence-corrected chi connectivity index (χ1v) is 7.38. The first kappa shape index (κ1) is 15.0. The van der Waals surface area contributed by atoms with Crippen LogP contribution in [0.4, 0.5) is 5.69 Å². The maximum absolute atomic E-state index is 11.0. The van der Waals surface area contributed by atoms with Gasteiger partial charge < -0.3 is 10.1 Å². The van der Waals surface area contributed by atoms with Gasteiger partial charge in [-0.1, -0.05) is 19.1 Å². The monoisotopic (exact) mass is 276 g/mol. The largest absolute Gasteiger partial charge is 0.377 e. The molecule has 0 radical (unpaired) electrons. The van der Waals surface area contributed by atoms with E-state index in [2.05, 4.69) is 29.3 Å². The number of likely N-dealkylation sites (N-methyl/N-ethyl adjacent to an activating group) is 1. The predicted octanol–water partition coefficient (Wildman–Crippen LogP) is 2.65. The Morgan fingerprint density at radius 1 is 1.40 bits per heavy atom. The lowest BCUT2D eigenvalue weighted by Gasteiger charge is -2.23. The van der Waals surface area contributed by atoms with Crippen molar-refractivity contribution in [2.75, 3.05) is 25.0 Å². The van der Waals surface area contributed by atoms with E-state index in [4.69, 9.17) is 4.74 Å². The molecule has 1 aromatic rings. The molecule has 1 atom stereocenters. The molecule has 4 nitrogen and oxygen atoms in total. The molecule has 1 amide bonds. The van der Waals surface area contributed by atoms with Crippen LogP contribution in [0.5, 0.6) is 0 Å². The Labute approximate surface area is 121 Å². The van der Waals surface area contributed by atoms with Crippen LogP contribution in [-0.2, 0) is 16.1 Å². The molecule has 1 heterocycles. The fraction of sp³-hybridized carbons (Fsp3) is 0.562. The van der Waals surface area contributed by atoms with Gasteiger partial charge in [-0.25, -0.2) is 0 Å².